The predicted molar refractivity (Wildman–Crippen MR) is 430 cm³/mol. The molecule has 101 heavy (non-hydrogen) atoms. The molecule has 0 aromatic heterocycles. The molecule has 1 aliphatic rings. The van der Waals surface area contributed by atoms with E-state index in [1.165, 1.54) is 327 Å². The molecule has 0 radical (unpaired) electrons. The molecule has 0 spiro atoms. The van der Waals surface area contributed by atoms with Gasteiger partial charge in [0, 0.05) is 12.8 Å². The van der Waals surface area contributed by atoms with Crippen molar-refractivity contribution in [2.24, 2.45) is 0 Å². The first-order valence-corrected chi connectivity index (χ1v) is 43.7. The zero-order chi connectivity index (χ0) is 72.9. The number of unbranched alkanes of at least 4 members (excludes halogenated alkanes) is 54. The molecule has 590 valence electrons. The Morgan fingerprint density at radius 2 is 0.673 bits per heavy atom. The lowest BCUT2D eigenvalue weighted by molar-refractivity contribution is -0.302. The summed E-state index contributed by atoms with van der Waals surface area (Å²) in [7, 11) is 0. The van der Waals surface area contributed by atoms with Crippen LogP contribution in [0.5, 0.6) is 0 Å². The molecule has 7 atom stereocenters. The van der Waals surface area contributed by atoms with Crippen LogP contribution in [0, 0.1) is 0 Å². The average molecular weight is 1420 g/mol. The molecular formula is C90H165NO10. The molecule has 1 heterocycles. The SMILES string of the molecule is CCCCC/C=C\C/C=C\CCCCCCCCCCCC(=O)OCCCCCCCCCCCCCCCCC/C=C\C/C=C\CCCCCCCCCCCCCCCCCCCC(=O)NC(COC1OC(CO)C(O)C(O)C1O)C(O)/C=C/CC/C=C/CCCCCCCCCCC. The summed E-state index contributed by atoms with van der Waals surface area (Å²) in [5.41, 5.74) is 0. The van der Waals surface area contributed by atoms with E-state index in [-0.39, 0.29) is 18.5 Å². The van der Waals surface area contributed by atoms with Gasteiger partial charge in [0.05, 0.1) is 32.0 Å². The number of aliphatic hydroxyl groups is 5. The van der Waals surface area contributed by atoms with Gasteiger partial charge >= 0.3 is 5.97 Å². The van der Waals surface area contributed by atoms with Gasteiger partial charge < -0.3 is 45.1 Å². The van der Waals surface area contributed by atoms with Crippen LogP contribution in [0.15, 0.2) is 72.9 Å². The molecule has 0 aromatic carbocycles. The predicted octanol–water partition coefficient (Wildman–Crippen LogP) is 24.5. The van der Waals surface area contributed by atoms with Gasteiger partial charge in [0.2, 0.25) is 5.91 Å². The summed E-state index contributed by atoms with van der Waals surface area (Å²) >= 11 is 0. The van der Waals surface area contributed by atoms with E-state index in [0.717, 1.165) is 70.6 Å². The molecule has 1 fully saturated rings. The standard InChI is InChI=1S/C90H165NO10/c1-3-5-7-9-11-13-15-17-19-20-42-46-50-54-58-62-66-70-74-78-86(95)99-79-75-71-67-63-59-55-51-47-44-41-39-37-35-33-31-29-27-25-23-21-22-24-26-28-30-32-34-36-38-40-43-45-49-53-57-61-65-69-73-77-85(94)91-82(81-100-90-89(98)88(97)87(96)84(80-92)101-90)83(93)76-72-68-64-60-56-52-48-18-16-14-12-10-8-6-4-2/h11,13,17,19,21-22,25,27,56,60,72,76,82-84,87-90,92-93,96-98H,3-10,12,14-16,18,20,23-24,26,28-55,57-59,61-71,73-75,77-81H2,1-2H3,(H,91,94)/b13-11-,19-17-,22-21-,27-25-,60-56+,76-72+. The third-order valence-electron chi connectivity index (χ3n) is 20.5. The Labute approximate surface area is 623 Å². The number of nitrogens with one attached hydrogen (secondary N) is 1. The summed E-state index contributed by atoms with van der Waals surface area (Å²) in [5, 5.41) is 54.6. The van der Waals surface area contributed by atoms with Crippen LogP contribution in [0.4, 0.5) is 0 Å². The van der Waals surface area contributed by atoms with E-state index in [0.29, 0.717) is 19.4 Å². The molecule has 7 unspecified atom stereocenters. The lowest BCUT2D eigenvalue weighted by atomic mass is 9.99. The fourth-order valence-electron chi connectivity index (χ4n) is 13.7. The second-order valence-corrected chi connectivity index (χ2v) is 30.2. The van der Waals surface area contributed by atoms with Crippen LogP contribution in [-0.2, 0) is 23.8 Å². The van der Waals surface area contributed by atoms with Crippen LogP contribution in [0.2, 0.25) is 0 Å². The van der Waals surface area contributed by atoms with E-state index in [1.807, 2.05) is 6.08 Å². The molecule has 1 rings (SSSR count). The maximum atomic E-state index is 13.1. The number of hydrogen-bond acceptors (Lipinski definition) is 10. The highest BCUT2D eigenvalue weighted by Gasteiger charge is 2.44. The van der Waals surface area contributed by atoms with Gasteiger partial charge in [0.15, 0.2) is 6.29 Å². The largest absolute Gasteiger partial charge is 0.466 e. The van der Waals surface area contributed by atoms with Crippen molar-refractivity contribution < 1.29 is 49.3 Å². The first-order valence-electron chi connectivity index (χ1n) is 43.7. The van der Waals surface area contributed by atoms with Crippen molar-refractivity contribution in [2.75, 3.05) is 19.8 Å². The summed E-state index contributed by atoms with van der Waals surface area (Å²) in [4.78, 5) is 25.3. The second kappa shape index (κ2) is 78.2. The topological polar surface area (TPSA) is 175 Å². The normalized spacial score (nSPS) is 17.4. The summed E-state index contributed by atoms with van der Waals surface area (Å²) in [6.45, 7) is 4.35. The van der Waals surface area contributed by atoms with E-state index in [2.05, 4.69) is 79.9 Å². The Balaban J connectivity index is 1.90. The molecule has 0 aromatic rings. The van der Waals surface area contributed by atoms with Crippen molar-refractivity contribution in [1.82, 2.24) is 5.32 Å². The quantitative estimate of drug-likeness (QED) is 0.0195. The van der Waals surface area contributed by atoms with Crippen molar-refractivity contribution in [3.05, 3.63) is 72.9 Å². The minimum absolute atomic E-state index is 0.0110. The van der Waals surface area contributed by atoms with Crippen LogP contribution >= 0.6 is 0 Å². The highest BCUT2D eigenvalue weighted by atomic mass is 16.7. The monoisotopic (exact) mass is 1420 g/mol. The van der Waals surface area contributed by atoms with Gasteiger partial charge in [0.25, 0.3) is 0 Å². The Hall–Kier alpha value is -2.90. The summed E-state index contributed by atoms with van der Waals surface area (Å²) in [6.07, 6.45) is 98.1. The number of carbonyl (C=O) groups is 2. The molecule has 1 saturated heterocycles. The minimum atomic E-state index is -1.58. The number of aliphatic hydroxyl groups excluding tert-OH is 5. The molecule has 6 N–H and O–H groups in total. The van der Waals surface area contributed by atoms with Crippen LogP contribution in [0.3, 0.4) is 0 Å². The van der Waals surface area contributed by atoms with E-state index in [4.69, 9.17) is 14.2 Å². The van der Waals surface area contributed by atoms with Gasteiger partial charge in [-0.05, 0) is 109 Å². The van der Waals surface area contributed by atoms with Crippen LogP contribution in [-0.4, -0.2) is 100 Å². The number of esters is 1. The summed E-state index contributed by atoms with van der Waals surface area (Å²) < 4.78 is 16.8. The molecular weight excluding hydrogens is 1250 g/mol. The van der Waals surface area contributed by atoms with Crippen molar-refractivity contribution in [2.45, 2.75) is 468 Å². The average Bonchev–Trinajstić information content (AvgIpc) is 0.823. The maximum absolute atomic E-state index is 13.1. The van der Waals surface area contributed by atoms with Crippen molar-refractivity contribution in [3.63, 3.8) is 0 Å². The molecule has 11 heteroatoms. The first kappa shape index (κ1) is 96.1. The van der Waals surface area contributed by atoms with E-state index in [9.17, 15) is 35.1 Å². The van der Waals surface area contributed by atoms with Gasteiger partial charge in [0.1, 0.15) is 24.4 Å². The maximum Gasteiger partial charge on any atom is 0.305 e. The lowest BCUT2D eigenvalue weighted by Gasteiger charge is -2.40. The fourth-order valence-corrected chi connectivity index (χ4v) is 13.7. The van der Waals surface area contributed by atoms with E-state index >= 15 is 0 Å². The summed E-state index contributed by atoms with van der Waals surface area (Å²) in [6, 6.07) is -0.827. The third-order valence-corrected chi connectivity index (χ3v) is 20.5. The Morgan fingerprint density at radius 3 is 1.06 bits per heavy atom. The molecule has 0 saturated carbocycles. The number of ether oxygens (including phenoxy) is 3. The number of allylic oxidation sites excluding steroid dienone is 11. The number of carbonyl (C=O) groups excluding carboxylic acids is 2. The fraction of sp³-hybridized carbons (Fsp3) is 0.844. The van der Waals surface area contributed by atoms with E-state index < -0.39 is 49.5 Å². The zero-order valence-corrected chi connectivity index (χ0v) is 66.1. The molecule has 11 nitrogen and oxygen atoms in total. The lowest BCUT2D eigenvalue weighted by Crippen LogP contribution is -2.60. The van der Waals surface area contributed by atoms with E-state index in [1.54, 1.807) is 6.08 Å². The first-order chi connectivity index (χ1) is 49.7. The smallest absolute Gasteiger partial charge is 0.305 e. The van der Waals surface area contributed by atoms with Gasteiger partial charge in [-0.2, -0.15) is 0 Å². The molecule has 1 aliphatic heterocycles. The van der Waals surface area contributed by atoms with Gasteiger partial charge in [-0.25, -0.2) is 0 Å². The minimum Gasteiger partial charge on any atom is -0.466 e. The molecule has 0 bridgehead atoms. The van der Waals surface area contributed by atoms with Gasteiger partial charge in [-0.3, -0.25) is 9.59 Å². The highest BCUT2D eigenvalue weighted by Crippen LogP contribution is 2.24. The number of rotatable bonds is 78. The van der Waals surface area contributed by atoms with Crippen molar-refractivity contribution in [1.29, 1.82) is 0 Å². The molecule has 0 aliphatic carbocycles. The Bertz CT molecular complexity index is 1910. The second-order valence-electron chi connectivity index (χ2n) is 30.2. The Morgan fingerprint density at radius 1 is 0.366 bits per heavy atom. The number of amides is 1. The van der Waals surface area contributed by atoms with Crippen LogP contribution < -0.4 is 5.32 Å². The highest BCUT2D eigenvalue weighted by molar-refractivity contribution is 5.76. The van der Waals surface area contributed by atoms with Crippen molar-refractivity contribution >= 4 is 11.9 Å². The third kappa shape index (κ3) is 66.3. The van der Waals surface area contributed by atoms with Gasteiger partial charge in [-0.1, -0.05) is 376 Å². The number of hydrogen-bond donors (Lipinski definition) is 6. The zero-order valence-electron chi connectivity index (χ0n) is 66.1. The van der Waals surface area contributed by atoms with Crippen LogP contribution in [0.1, 0.15) is 425 Å². The summed E-state index contributed by atoms with van der Waals surface area (Å²) in [5.74, 6) is -0.176. The molecule has 1 amide bonds. The van der Waals surface area contributed by atoms with Gasteiger partial charge in [-0.15, -0.1) is 0 Å². The van der Waals surface area contributed by atoms with Crippen LogP contribution in [0.25, 0.3) is 0 Å². The van der Waals surface area contributed by atoms with Crippen molar-refractivity contribution in [3.8, 4) is 0 Å². The Kier molecular flexibility index (Phi) is 74.4.